The quantitative estimate of drug-likeness (QED) is 0.253. The molecule has 0 aromatic heterocycles. The van der Waals surface area contributed by atoms with Gasteiger partial charge in [0.2, 0.25) is 0 Å². The molecule has 0 saturated carbocycles. The summed E-state index contributed by atoms with van der Waals surface area (Å²) in [7, 11) is 2.36. The number of esters is 4. The van der Waals surface area contributed by atoms with Crippen LogP contribution in [0.2, 0.25) is 0 Å². The average molecular weight is 529 g/mol. The Kier molecular flexibility index (Phi) is 28.7. The van der Waals surface area contributed by atoms with Gasteiger partial charge >= 0.3 is 29.8 Å². The summed E-state index contributed by atoms with van der Waals surface area (Å²) in [5, 5.41) is 8.76. The van der Waals surface area contributed by atoms with Gasteiger partial charge < -0.3 is 24.1 Å². The molecule has 36 heavy (non-hydrogen) atoms. The first-order valence-corrected chi connectivity index (χ1v) is 9.39. The second kappa shape index (κ2) is 20.5. The van der Waals surface area contributed by atoms with Crippen LogP contribution in [0.25, 0.3) is 0 Å². The highest BCUT2D eigenvalue weighted by Crippen LogP contribution is 2.45. The predicted octanol–water partition coefficient (Wildman–Crippen LogP) is 5.55. The second-order valence-electron chi connectivity index (χ2n) is 8.33. The molecular formula is C26H56O10. The van der Waals surface area contributed by atoms with E-state index in [4.69, 9.17) is 19.3 Å². The lowest BCUT2D eigenvalue weighted by atomic mass is 9.65. The van der Waals surface area contributed by atoms with Crippen molar-refractivity contribution in [3.63, 3.8) is 0 Å². The SMILES string of the molecule is C.C.C.C.C.C.CCC(C)(CC(C)(CC(C)(C)C(=O)OC)C(=O)OCC(=O)OC)C(=O)OCC(=O)O. The lowest BCUT2D eigenvalue weighted by Gasteiger charge is -2.39. The summed E-state index contributed by atoms with van der Waals surface area (Å²) in [6, 6.07) is 0. The van der Waals surface area contributed by atoms with Crippen LogP contribution >= 0.6 is 0 Å². The maximum absolute atomic E-state index is 12.9. The van der Waals surface area contributed by atoms with Crippen molar-refractivity contribution in [3.8, 4) is 0 Å². The molecule has 0 aliphatic carbocycles. The largest absolute Gasteiger partial charge is 0.479 e. The Bertz CT molecular complexity index is 672. The molecule has 0 aliphatic rings. The van der Waals surface area contributed by atoms with Gasteiger partial charge in [0.25, 0.3) is 0 Å². The first-order chi connectivity index (χ1) is 13.7. The number of carbonyl (C=O) groups excluding carboxylic acids is 4. The van der Waals surface area contributed by atoms with E-state index >= 15 is 0 Å². The van der Waals surface area contributed by atoms with Crippen LogP contribution in [0.5, 0.6) is 0 Å². The third-order valence-electron chi connectivity index (χ3n) is 4.99. The number of carboxylic acids is 1. The minimum atomic E-state index is -1.40. The van der Waals surface area contributed by atoms with Crippen LogP contribution in [-0.4, -0.2) is 62.4 Å². The Morgan fingerprint density at radius 1 is 0.639 bits per heavy atom. The topological polar surface area (TPSA) is 143 Å². The van der Waals surface area contributed by atoms with Crippen molar-refractivity contribution in [3.05, 3.63) is 0 Å². The van der Waals surface area contributed by atoms with E-state index in [1.807, 2.05) is 0 Å². The molecule has 10 heteroatoms. The molecule has 1 N–H and O–H groups in total. The molecule has 0 bridgehead atoms. The van der Waals surface area contributed by atoms with Gasteiger partial charge in [0.05, 0.1) is 30.5 Å². The Balaban J connectivity index is -0.000000280. The van der Waals surface area contributed by atoms with E-state index in [9.17, 15) is 24.0 Å². The molecule has 0 saturated heterocycles. The summed E-state index contributed by atoms with van der Waals surface area (Å²) in [4.78, 5) is 59.8. The molecule has 220 valence electrons. The summed E-state index contributed by atoms with van der Waals surface area (Å²) >= 11 is 0. The van der Waals surface area contributed by atoms with Crippen molar-refractivity contribution >= 4 is 29.8 Å². The smallest absolute Gasteiger partial charge is 0.344 e. The lowest BCUT2D eigenvalue weighted by Crippen LogP contribution is -2.44. The van der Waals surface area contributed by atoms with E-state index in [1.165, 1.54) is 21.0 Å². The Hall–Kier alpha value is -2.65. The van der Waals surface area contributed by atoms with E-state index in [-0.39, 0.29) is 63.8 Å². The first-order valence-electron chi connectivity index (χ1n) is 9.39. The first kappa shape index (κ1) is 50.3. The summed E-state index contributed by atoms with van der Waals surface area (Å²) in [5.74, 6) is -4.25. The second-order valence-corrected chi connectivity index (χ2v) is 8.33. The molecule has 0 aliphatic heterocycles. The fraction of sp³-hybridized carbons (Fsp3) is 0.808. The van der Waals surface area contributed by atoms with Gasteiger partial charge in [-0.2, -0.15) is 0 Å². The fourth-order valence-corrected chi connectivity index (χ4v) is 3.39. The average Bonchev–Trinajstić information content (AvgIpc) is 2.67. The molecule has 0 rings (SSSR count). The highest BCUT2D eigenvalue weighted by Gasteiger charge is 2.50. The minimum Gasteiger partial charge on any atom is -0.479 e. The number of hydrogen-bond donors (Lipinski definition) is 1. The molecule has 0 heterocycles. The predicted molar refractivity (Wildman–Crippen MR) is 143 cm³/mol. The van der Waals surface area contributed by atoms with Gasteiger partial charge in [-0.15, -0.1) is 0 Å². The van der Waals surface area contributed by atoms with Gasteiger partial charge in [-0.25, -0.2) is 9.59 Å². The van der Waals surface area contributed by atoms with Crippen molar-refractivity contribution in [2.24, 2.45) is 16.2 Å². The summed E-state index contributed by atoms with van der Waals surface area (Å²) in [5.41, 5.74) is -3.77. The number of methoxy groups -OCH3 is 2. The summed E-state index contributed by atoms with van der Waals surface area (Å²) in [6.45, 7) is 6.45. The maximum atomic E-state index is 12.9. The van der Waals surface area contributed by atoms with Crippen LogP contribution in [0.4, 0.5) is 0 Å². The van der Waals surface area contributed by atoms with Gasteiger partial charge in [-0.05, 0) is 47.0 Å². The van der Waals surface area contributed by atoms with Crippen LogP contribution in [0.1, 0.15) is 98.4 Å². The molecule has 0 spiro atoms. The molecule has 2 atom stereocenters. The number of ether oxygens (including phenoxy) is 4. The van der Waals surface area contributed by atoms with Gasteiger partial charge in [0.15, 0.2) is 13.2 Å². The monoisotopic (exact) mass is 528 g/mol. The minimum absolute atomic E-state index is 0. The standard InChI is InChI=1S/C20H32O10.6CH4/c1-8-19(4,16(25)29-9-13(21)22)12-20(5,11-18(2,3)15(24)28-7)17(26)30-10-14(23)27-6;;;;;;/h8-12H2,1-7H3,(H,21,22);6*1H4. The number of rotatable bonds is 12. The van der Waals surface area contributed by atoms with E-state index in [0.29, 0.717) is 0 Å². The van der Waals surface area contributed by atoms with E-state index in [1.54, 1.807) is 20.8 Å². The third-order valence-corrected chi connectivity index (χ3v) is 4.99. The van der Waals surface area contributed by atoms with Crippen molar-refractivity contribution in [1.82, 2.24) is 0 Å². The van der Waals surface area contributed by atoms with Gasteiger partial charge in [-0.3, -0.25) is 14.4 Å². The zero-order valence-corrected chi connectivity index (χ0v) is 18.7. The number of carboxylic acid groups (broad SMARTS) is 1. The van der Waals surface area contributed by atoms with Crippen molar-refractivity contribution in [2.45, 2.75) is 98.4 Å². The Morgan fingerprint density at radius 2 is 1.06 bits per heavy atom. The van der Waals surface area contributed by atoms with E-state index in [2.05, 4.69) is 4.74 Å². The molecule has 0 fully saturated rings. The third kappa shape index (κ3) is 14.7. The van der Waals surface area contributed by atoms with E-state index in [0.717, 1.165) is 7.11 Å². The van der Waals surface area contributed by atoms with Gasteiger partial charge in [-0.1, -0.05) is 51.5 Å². The number of hydrogen-bond acceptors (Lipinski definition) is 9. The zero-order chi connectivity index (χ0) is 23.8. The van der Waals surface area contributed by atoms with Crippen molar-refractivity contribution in [1.29, 1.82) is 0 Å². The molecule has 2 unspecified atom stereocenters. The van der Waals surface area contributed by atoms with Gasteiger partial charge in [0, 0.05) is 0 Å². The van der Waals surface area contributed by atoms with E-state index < -0.39 is 59.3 Å². The number of aliphatic carboxylic acids is 1. The van der Waals surface area contributed by atoms with Crippen LogP contribution < -0.4 is 0 Å². The molecular weight excluding hydrogens is 472 g/mol. The molecule has 0 aromatic carbocycles. The fourth-order valence-electron chi connectivity index (χ4n) is 3.39. The Labute approximate surface area is 220 Å². The van der Waals surface area contributed by atoms with Crippen LogP contribution in [0, 0.1) is 16.2 Å². The zero-order valence-electron chi connectivity index (χ0n) is 18.7. The van der Waals surface area contributed by atoms with Crippen LogP contribution in [0.15, 0.2) is 0 Å². The molecule has 10 nitrogen and oxygen atoms in total. The highest BCUT2D eigenvalue weighted by molar-refractivity contribution is 5.84. The summed E-state index contributed by atoms with van der Waals surface area (Å²) < 4.78 is 19.2. The Morgan fingerprint density at radius 3 is 1.42 bits per heavy atom. The highest BCUT2D eigenvalue weighted by atomic mass is 16.6. The van der Waals surface area contributed by atoms with Crippen molar-refractivity contribution in [2.75, 3.05) is 27.4 Å². The van der Waals surface area contributed by atoms with Crippen molar-refractivity contribution < 1.29 is 48.0 Å². The maximum Gasteiger partial charge on any atom is 0.344 e. The lowest BCUT2D eigenvalue weighted by molar-refractivity contribution is -0.173. The summed E-state index contributed by atoms with van der Waals surface area (Å²) in [6.07, 6.45) is 0.0494. The molecule has 0 amide bonds. The van der Waals surface area contributed by atoms with Gasteiger partial charge in [0.1, 0.15) is 0 Å². The van der Waals surface area contributed by atoms with Crippen LogP contribution in [0.3, 0.4) is 0 Å². The number of carbonyl (C=O) groups is 5. The van der Waals surface area contributed by atoms with Crippen LogP contribution in [-0.2, 0) is 42.9 Å². The molecule has 0 aromatic rings. The normalized spacial score (nSPS) is 12.6. The molecule has 0 radical (unpaired) electrons.